The van der Waals surface area contributed by atoms with Crippen molar-refractivity contribution in [2.24, 2.45) is 10.3 Å². The Hall–Kier alpha value is -3.95. The van der Waals surface area contributed by atoms with Gasteiger partial charge < -0.3 is 14.8 Å². The fraction of sp³-hybridized carbons (Fsp3) is 0.318. The van der Waals surface area contributed by atoms with Crippen LogP contribution in [0.15, 0.2) is 52.8 Å². The number of fused-ring (bicyclic) bond motifs is 1. The molecule has 2 atom stereocenters. The average molecular weight is 437 g/mol. The summed E-state index contributed by atoms with van der Waals surface area (Å²) >= 11 is 0. The second-order valence-corrected chi connectivity index (χ2v) is 7.34. The van der Waals surface area contributed by atoms with Crippen LogP contribution in [0.3, 0.4) is 0 Å². The molecule has 10 nitrogen and oxygen atoms in total. The van der Waals surface area contributed by atoms with Gasteiger partial charge in [-0.1, -0.05) is 24.3 Å². The van der Waals surface area contributed by atoms with Crippen molar-refractivity contribution in [3.63, 3.8) is 0 Å². The van der Waals surface area contributed by atoms with Crippen LogP contribution < -0.4 is 19.7 Å². The predicted octanol–water partition coefficient (Wildman–Crippen LogP) is 2.20. The maximum Gasteiger partial charge on any atom is 0.263 e. The van der Waals surface area contributed by atoms with Gasteiger partial charge in [-0.15, -0.1) is 0 Å². The van der Waals surface area contributed by atoms with Crippen molar-refractivity contribution >= 4 is 29.1 Å². The van der Waals surface area contributed by atoms with Gasteiger partial charge in [-0.05, 0) is 36.2 Å². The van der Waals surface area contributed by atoms with E-state index in [4.69, 9.17) is 9.47 Å². The van der Waals surface area contributed by atoms with Crippen molar-refractivity contribution in [3.8, 4) is 11.5 Å². The molecule has 1 fully saturated rings. The average Bonchev–Trinajstić information content (AvgIpc) is 3.33. The van der Waals surface area contributed by atoms with Gasteiger partial charge in [0.25, 0.3) is 11.8 Å². The summed E-state index contributed by atoms with van der Waals surface area (Å²) in [6.45, 7) is 1.78. The fourth-order valence-electron chi connectivity index (χ4n) is 3.73. The topological polar surface area (TPSA) is 113 Å². The smallest absolute Gasteiger partial charge is 0.263 e. The van der Waals surface area contributed by atoms with Gasteiger partial charge in [0.1, 0.15) is 18.0 Å². The van der Waals surface area contributed by atoms with Gasteiger partial charge in [0.2, 0.25) is 5.91 Å². The first-order chi connectivity index (χ1) is 15.5. The predicted molar refractivity (Wildman–Crippen MR) is 116 cm³/mol. The van der Waals surface area contributed by atoms with Gasteiger partial charge in [-0.3, -0.25) is 19.4 Å². The van der Waals surface area contributed by atoms with E-state index in [-0.39, 0.29) is 6.54 Å². The minimum atomic E-state index is -0.961. The number of amides is 3. The van der Waals surface area contributed by atoms with E-state index in [1.165, 1.54) is 19.2 Å². The number of rotatable bonds is 7. The Morgan fingerprint density at radius 2 is 1.81 bits per heavy atom. The fourth-order valence-corrected chi connectivity index (χ4v) is 3.73. The van der Waals surface area contributed by atoms with Crippen molar-refractivity contribution in [1.29, 1.82) is 0 Å². The zero-order chi connectivity index (χ0) is 22.8. The van der Waals surface area contributed by atoms with Crippen molar-refractivity contribution in [2.75, 3.05) is 31.0 Å². The zero-order valence-electron chi connectivity index (χ0n) is 17.9. The number of carbonyl (C=O) groups is 3. The van der Waals surface area contributed by atoms with Crippen LogP contribution in [0.5, 0.6) is 11.5 Å². The van der Waals surface area contributed by atoms with Crippen molar-refractivity contribution in [2.45, 2.75) is 25.4 Å². The van der Waals surface area contributed by atoms with Crippen LogP contribution in [0.2, 0.25) is 0 Å². The Labute approximate surface area is 184 Å². The number of hydrogen-bond acceptors (Lipinski definition) is 8. The first kappa shape index (κ1) is 21.3. The maximum atomic E-state index is 13.1. The highest BCUT2D eigenvalue weighted by atomic mass is 16.5. The Balaban J connectivity index is 1.47. The number of methoxy groups -OCH3 is 2. The van der Waals surface area contributed by atoms with Gasteiger partial charge >= 0.3 is 0 Å². The molecule has 1 N–H and O–H groups in total. The van der Waals surface area contributed by atoms with E-state index in [9.17, 15) is 14.4 Å². The molecule has 0 radical (unpaired) electrons. The molecule has 2 aliphatic heterocycles. The Kier molecular flexibility index (Phi) is 5.76. The lowest BCUT2D eigenvalue weighted by molar-refractivity contribution is -0.123. The second-order valence-electron chi connectivity index (χ2n) is 7.34. The Bertz CT molecular complexity index is 1080. The number of carbonyl (C=O) groups excluding carboxylic acids is 3. The molecule has 4 rings (SSSR count). The summed E-state index contributed by atoms with van der Waals surface area (Å²) in [5.74, 6) is -0.332. The van der Waals surface area contributed by atoms with Gasteiger partial charge in [0.05, 0.1) is 25.6 Å². The van der Waals surface area contributed by atoms with E-state index < -0.39 is 29.8 Å². The van der Waals surface area contributed by atoms with Gasteiger partial charge in [-0.25, -0.2) is 4.90 Å². The molecule has 2 aromatic carbocycles. The van der Waals surface area contributed by atoms with Crippen molar-refractivity contribution in [1.82, 2.24) is 5.01 Å². The van der Waals surface area contributed by atoms with Gasteiger partial charge in [0.15, 0.2) is 12.1 Å². The van der Waals surface area contributed by atoms with Crippen LogP contribution in [0.4, 0.5) is 11.4 Å². The first-order valence-corrected chi connectivity index (χ1v) is 10.1. The maximum absolute atomic E-state index is 13.1. The molecular weight excluding hydrogens is 414 g/mol. The number of benzene rings is 2. The third-order valence-electron chi connectivity index (χ3n) is 5.45. The minimum Gasteiger partial charge on any atom is -0.497 e. The standard InChI is InChI=1S/C22H23N5O5/c1-4-13-5-7-14(8-6-13)27-21(29)19-20(22(27)30)26(25-24-19)12-18(28)23-16-10-9-15(31-2)11-17(16)32-3/h5-11,19-20H,4,12H2,1-3H3,(H,23,28)/t19-,20+/m1/s1. The summed E-state index contributed by atoms with van der Waals surface area (Å²) in [4.78, 5) is 39.6. The quantitative estimate of drug-likeness (QED) is 0.665. The first-order valence-electron chi connectivity index (χ1n) is 10.1. The molecule has 1 saturated heterocycles. The van der Waals surface area contributed by atoms with Gasteiger partial charge in [0, 0.05) is 6.07 Å². The number of ether oxygens (including phenoxy) is 2. The third kappa shape index (κ3) is 3.75. The highest BCUT2D eigenvalue weighted by molar-refractivity contribution is 6.25. The number of nitrogens with zero attached hydrogens (tertiary/aromatic N) is 4. The number of imide groups is 1. The molecule has 10 heteroatoms. The molecular formula is C22H23N5O5. The Morgan fingerprint density at radius 3 is 2.47 bits per heavy atom. The third-order valence-corrected chi connectivity index (χ3v) is 5.45. The molecule has 0 unspecified atom stereocenters. The molecule has 2 heterocycles. The lowest BCUT2D eigenvalue weighted by atomic mass is 10.1. The normalized spacial score (nSPS) is 19.3. The van der Waals surface area contributed by atoms with Gasteiger partial charge in [-0.2, -0.15) is 5.11 Å². The zero-order valence-corrected chi connectivity index (χ0v) is 17.9. The number of anilines is 2. The van der Waals surface area contributed by atoms with Crippen LogP contribution in [-0.2, 0) is 20.8 Å². The van der Waals surface area contributed by atoms with E-state index in [1.807, 2.05) is 19.1 Å². The van der Waals surface area contributed by atoms with E-state index in [1.54, 1.807) is 30.3 Å². The molecule has 0 saturated carbocycles. The summed E-state index contributed by atoms with van der Waals surface area (Å²) in [6, 6.07) is 10.3. The molecule has 0 bridgehead atoms. The van der Waals surface area contributed by atoms with E-state index in [2.05, 4.69) is 15.7 Å². The van der Waals surface area contributed by atoms with Crippen LogP contribution in [-0.4, -0.2) is 55.6 Å². The van der Waals surface area contributed by atoms with Crippen molar-refractivity contribution < 1.29 is 23.9 Å². The highest BCUT2D eigenvalue weighted by Crippen LogP contribution is 2.32. The molecule has 0 aromatic heterocycles. The summed E-state index contributed by atoms with van der Waals surface area (Å²) < 4.78 is 10.4. The SMILES string of the molecule is CCc1ccc(N2C(=O)[C@@H]3[C@@H](N=NN3CC(=O)Nc3ccc(OC)cc3OC)C2=O)cc1. The molecule has 0 spiro atoms. The van der Waals surface area contributed by atoms with Crippen LogP contribution in [0.25, 0.3) is 0 Å². The lowest BCUT2D eigenvalue weighted by Gasteiger charge is -2.20. The second kappa shape index (κ2) is 8.66. The summed E-state index contributed by atoms with van der Waals surface area (Å²) in [5.41, 5.74) is 2.02. The number of aryl methyl sites for hydroxylation is 1. The Morgan fingerprint density at radius 1 is 1.06 bits per heavy atom. The molecule has 32 heavy (non-hydrogen) atoms. The highest BCUT2D eigenvalue weighted by Gasteiger charge is 2.55. The van der Waals surface area contributed by atoms with Crippen LogP contribution in [0.1, 0.15) is 12.5 Å². The van der Waals surface area contributed by atoms with Crippen molar-refractivity contribution in [3.05, 3.63) is 48.0 Å². The minimum absolute atomic E-state index is 0.249. The molecule has 0 aliphatic carbocycles. The summed E-state index contributed by atoms with van der Waals surface area (Å²) in [5, 5.41) is 11.8. The number of nitrogens with one attached hydrogen (secondary N) is 1. The van der Waals surface area contributed by atoms with E-state index >= 15 is 0 Å². The summed E-state index contributed by atoms with van der Waals surface area (Å²) in [6.07, 6.45) is 0.851. The molecule has 2 aliphatic rings. The molecule has 166 valence electrons. The monoisotopic (exact) mass is 437 g/mol. The summed E-state index contributed by atoms with van der Waals surface area (Å²) in [7, 11) is 3.01. The van der Waals surface area contributed by atoms with Crippen LogP contribution in [0, 0.1) is 0 Å². The largest absolute Gasteiger partial charge is 0.497 e. The van der Waals surface area contributed by atoms with Crippen LogP contribution >= 0.6 is 0 Å². The number of hydrogen-bond donors (Lipinski definition) is 1. The molecule has 2 aromatic rings. The lowest BCUT2D eigenvalue weighted by Crippen LogP contribution is -2.43. The van der Waals surface area contributed by atoms with E-state index in [0.29, 0.717) is 22.9 Å². The van der Waals surface area contributed by atoms with E-state index in [0.717, 1.165) is 16.9 Å². The molecule has 3 amide bonds.